The number of hydrogen-bond donors (Lipinski definition) is 1. The Morgan fingerprint density at radius 1 is 1.11 bits per heavy atom. The number of rotatable bonds is 3. The number of likely N-dealkylation sites (tertiary alicyclic amines) is 1. The first-order valence-electron chi connectivity index (χ1n) is 12.5. The number of amides is 1. The molecule has 180 valence electrons. The van der Waals surface area contributed by atoms with Gasteiger partial charge >= 0.3 is 0 Å². The van der Waals surface area contributed by atoms with Gasteiger partial charge in [-0.2, -0.15) is 5.26 Å². The minimum Gasteiger partial charge on any atom is -0.385 e. The van der Waals surface area contributed by atoms with Crippen LogP contribution in [0.3, 0.4) is 0 Å². The van der Waals surface area contributed by atoms with Crippen LogP contribution in [-0.4, -0.2) is 42.9 Å². The second-order valence-electron chi connectivity index (χ2n) is 9.81. The molecular formula is C29H27N5O2. The third-order valence-electron chi connectivity index (χ3n) is 7.91. The first kappa shape index (κ1) is 22.4. The van der Waals surface area contributed by atoms with Gasteiger partial charge in [-0.3, -0.25) is 14.2 Å². The summed E-state index contributed by atoms with van der Waals surface area (Å²) in [6.45, 7) is 0.463. The van der Waals surface area contributed by atoms with Crippen molar-refractivity contribution in [2.24, 2.45) is 5.92 Å². The van der Waals surface area contributed by atoms with Crippen molar-refractivity contribution in [3.05, 3.63) is 90.1 Å². The predicted molar refractivity (Wildman–Crippen MR) is 135 cm³/mol. The highest BCUT2D eigenvalue weighted by Crippen LogP contribution is 2.47. The van der Waals surface area contributed by atoms with Gasteiger partial charge in [-0.1, -0.05) is 55.3 Å². The molecule has 2 aromatic carbocycles. The second-order valence-corrected chi connectivity index (χ2v) is 9.81. The molecule has 0 radical (unpaired) electrons. The monoisotopic (exact) mass is 477 g/mol. The van der Waals surface area contributed by atoms with E-state index in [1.165, 1.54) is 0 Å². The molecule has 1 saturated carbocycles. The smallest absolute Gasteiger partial charge is 0.290 e. The van der Waals surface area contributed by atoms with Crippen molar-refractivity contribution < 1.29 is 9.90 Å². The Bertz CT molecular complexity index is 1470. The molecule has 1 aliphatic carbocycles. The lowest BCUT2D eigenvalue weighted by atomic mass is 9.66. The topological polar surface area (TPSA) is 94.5 Å². The van der Waals surface area contributed by atoms with Crippen molar-refractivity contribution in [2.75, 3.05) is 6.54 Å². The van der Waals surface area contributed by atoms with E-state index in [2.05, 4.69) is 11.1 Å². The van der Waals surface area contributed by atoms with Gasteiger partial charge in [0.25, 0.3) is 5.91 Å². The molecule has 1 aliphatic heterocycles. The maximum atomic E-state index is 14.1. The summed E-state index contributed by atoms with van der Waals surface area (Å²) < 4.78 is 1.79. The predicted octanol–water partition coefficient (Wildman–Crippen LogP) is 4.56. The van der Waals surface area contributed by atoms with Crippen LogP contribution < -0.4 is 0 Å². The molecule has 2 aromatic heterocycles. The number of benzene rings is 2. The number of aromatic nitrogens is 3. The van der Waals surface area contributed by atoms with Crippen molar-refractivity contribution in [3.63, 3.8) is 0 Å². The van der Waals surface area contributed by atoms with Gasteiger partial charge in [0.2, 0.25) is 5.82 Å². The minimum absolute atomic E-state index is 0.0222. The van der Waals surface area contributed by atoms with Crippen LogP contribution >= 0.6 is 0 Å². The Kier molecular flexibility index (Phi) is 5.54. The Morgan fingerprint density at radius 3 is 2.78 bits per heavy atom. The molecule has 3 atom stereocenters. The van der Waals surface area contributed by atoms with Crippen LogP contribution in [0.25, 0.3) is 16.8 Å². The number of piperidine rings is 1. The molecule has 1 N–H and O–H groups in total. The summed E-state index contributed by atoms with van der Waals surface area (Å²) in [6.07, 6.45) is 9.44. The number of nitriles is 1. The number of aliphatic hydroxyl groups is 1. The van der Waals surface area contributed by atoms with Gasteiger partial charge in [-0.15, -0.1) is 0 Å². The van der Waals surface area contributed by atoms with Gasteiger partial charge in [-0.25, -0.2) is 4.98 Å². The zero-order valence-corrected chi connectivity index (χ0v) is 19.9. The van der Waals surface area contributed by atoms with E-state index in [0.717, 1.165) is 36.8 Å². The summed E-state index contributed by atoms with van der Waals surface area (Å²) in [4.78, 5) is 25.1. The first-order chi connectivity index (χ1) is 17.6. The maximum absolute atomic E-state index is 14.1. The Balaban J connectivity index is 1.40. The summed E-state index contributed by atoms with van der Waals surface area (Å²) in [6, 6.07) is 19.3. The number of nitrogens with zero attached hydrogens (tertiary/aromatic N) is 5. The number of carbonyl (C=O) groups excluding carboxylic acids is 1. The van der Waals surface area contributed by atoms with Gasteiger partial charge in [-0.05, 0) is 37.0 Å². The second kappa shape index (κ2) is 8.89. The number of hydrogen-bond acceptors (Lipinski definition) is 5. The summed E-state index contributed by atoms with van der Waals surface area (Å²) in [5.74, 6) is 0.177. The molecule has 3 heterocycles. The summed E-state index contributed by atoms with van der Waals surface area (Å²) in [5, 5.41) is 21.2. The molecule has 4 aromatic rings. The molecule has 3 unspecified atom stereocenters. The van der Waals surface area contributed by atoms with Gasteiger partial charge in [0.05, 0.1) is 34.6 Å². The fourth-order valence-corrected chi connectivity index (χ4v) is 6.19. The van der Waals surface area contributed by atoms with E-state index in [9.17, 15) is 15.2 Å². The van der Waals surface area contributed by atoms with E-state index >= 15 is 0 Å². The maximum Gasteiger partial charge on any atom is 0.290 e. The molecule has 0 spiro atoms. The molecule has 1 saturated heterocycles. The summed E-state index contributed by atoms with van der Waals surface area (Å²) >= 11 is 0. The minimum atomic E-state index is -0.940. The standard InChI is InChI=1S/C29H27N5O2/c30-18-20-7-6-8-21(17-20)26-25-19-31-14-16-33(25)27(32-26)28(35)34-15-13-29(36,22-9-2-1-3-10-22)23-11-4-5-12-24(23)34/h1-3,6-10,14,16-17,19,23-24,36H,4-5,11-13,15H2. The molecule has 2 fully saturated rings. The van der Waals surface area contributed by atoms with E-state index in [0.29, 0.717) is 35.6 Å². The van der Waals surface area contributed by atoms with Crippen molar-refractivity contribution in [1.82, 2.24) is 19.3 Å². The lowest BCUT2D eigenvalue weighted by Crippen LogP contribution is -2.59. The van der Waals surface area contributed by atoms with Crippen LogP contribution in [0, 0.1) is 17.2 Å². The largest absolute Gasteiger partial charge is 0.385 e. The van der Waals surface area contributed by atoms with Crippen LogP contribution in [0.1, 0.15) is 53.8 Å². The number of carbonyl (C=O) groups is 1. The average molecular weight is 478 g/mol. The molecule has 0 bridgehead atoms. The van der Waals surface area contributed by atoms with E-state index < -0.39 is 5.60 Å². The van der Waals surface area contributed by atoms with Gasteiger partial charge < -0.3 is 10.0 Å². The van der Waals surface area contributed by atoms with E-state index in [1.807, 2.05) is 47.4 Å². The van der Waals surface area contributed by atoms with E-state index in [-0.39, 0.29) is 17.9 Å². The molecule has 1 amide bonds. The highest BCUT2D eigenvalue weighted by atomic mass is 16.3. The highest BCUT2D eigenvalue weighted by molar-refractivity contribution is 5.95. The lowest BCUT2D eigenvalue weighted by molar-refractivity contribution is -0.110. The summed E-state index contributed by atoms with van der Waals surface area (Å²) in [7, 11) is 0. The van der Waals surface area contributed by atoms with E-state index in [1.54, 1.807) is 35.1 Å². The molecule has 2 aliphatic rings. The quantitative estimate of drug-likeness (QED) is 0.467. The van der Waals surface area contributed by atoms with Crippen LogP contribution in [0.4, 0.5) is 0 Å². The van der Waals surface area contributed by atoms with Gasteiger partial charge in [0.15, 0.2) is 0 Å². The normalized spacial score (nSPS) is 23.7. The number of fused-ring (bicyclic) bond motifs is 2. The molecule has 36 heavy (non-hydrogen) atoms. The fourth-order valence-electron chi connectivity index (χ4n) is 6.19. The Hall–Kier alpha value is -4.02. The van der Waals surface area contributed by atoms with Gasteiger partial charge in [0, 0.05) is 36.5 Å². The van der Waals surface area contributed by atoms with E-state index in [4.69, 9.17) is 4.98 Å². The summed E-state index contributed by atoms with van der Waals surface area (Å²) in [5.41, 5.74) is 2.64. The SMILES string of the molecule is N#Cc1cccc(-c2nc(C(=O)N3CCC(O)(c4ccccc4)C4CCCCC43)n3ccncc23)c1. The van der Waals surface area contributed by atoms with Crippen molar-refractivity contribution in [2.45, 2.75) is 43.7 Å². The third kappa shape index (κ3) is 3.57. The highest BCUT2D eigenvalue weighted by Gasteiger charge is 2.50. The fraction of sp³-hybridized carbons (Fsp3) is 0.310. The zero-order valence-electron chi connectivity index (χ0n) is 19.9. The lowest BCUT2D eigenvalue weighted by Gasteiger charge is -2.52. The first-order valence-corrected chi connectivity index (χ1v) is 12.5. The van der Waals surface area contributed by atoms with Crippen LogP contribution in [0.5, 0.6) is 0 Å². The zero-order chi connectivity index (χ0) is 24.7. The molecular weight excluding hydrogens is 450 g/mol. The van der Waals surface area contributed by atoms with Crippen molar-refractivity contribution >= 4 is 11.4 Å². The molecule has 7 heteroatoms. The Morgan fingerprint density at radius 2 is 1.94 bits per heavy atom. The Labute approximate surface area is 209 Å². The van der Waals surface area contributed by atoms with Crippen molar-refractivity contribution in [1.29, 1.82) is 5.26 Å². The van der Waals surface area contributed by atoms with Crippen LogP contribution in [-0.2, 0) is 5.60 Å². The van der Waals surface area contributed by atoms with Gasteiger partial charge in [0.1, 0.15) is 0 Å². The van der Waals surface area contributed by atoms with Crippen LogP contribution in [0.2, 0.25) is 0 Å². The van der Waals surface area contributed by atoms with Crippen molar-refractivity contribution in [3.8, 4) is 17.3 Å². The number of imidazole rings is 1. The average Bonchev–Trinajstić information content (AvgIpc) is 3.33. The third-order valence-corrected chi connectivity index (χ3v) is 7.91. The molecule has 6 rings (SSSR count). The molecule has 7 nitrogen and oxygen atoms in total. The van der Waals surface area contributed by atoms with Crippen LogP contribution in [0.15, 0.2) is 73.2 Å².